The Labute approximate surface area is 182 Å². The molecule has 0 aliphatic carbocycles. The quantitative estimate of drug-likeness (QED) is 0.190. The molecule has 0 fully saturated rings. The molecule has 0 saturated carbocycles. The summed E-state index contributed by atoms with van der Waals surface area (Å²) in [4.78, 5) is 21.2. The average Bonchev–Trinajstić information content (AvgIpc) is 2.57. The lowest BCUT2D eigenvalue weighted by molar-refractivity contribution is -0.439. The fraction of sp³-hybridized carbons (Fsp3) is 0.800. The maximum Gasteiger partial charge on any atom is 0.631 e. The normalized spacial score (nSPS) is 14.5. The van der Waals surface area contributed by atoms with Crippen LogP contribution in [0, 0.1) is 0 Å². The van der Waals surface area contributed by atoms with E-state index in [2.05, 4.69) is 0 Å². The number of carbonyl (C=O) groups is 2. The second kappa shape index (κ2) is 10.2. The largest absolute Gasteiger partial charge is 0.631 e. The number of alkyl halides is 18. The first-order valence-corrected chi connectivity index (χ1v) is 7.15. The van der Waals surface area contributed by atoms with E-state index >= 15 is 0 Å². The van der Waals surface area contributed by atoms with Crippen LogP contribution >= 0.6 is 0 Å². The smallest absolute Gasteiger partial charge is 0.402 e. The van der Waals surface area contributed by atoms with Gasteiger partial charge in [0, 0.05) is 0 Å². The molecule has 0 heterocycles. The van der Waals surface area contributed by atoms with Gasteiger partial charge in [0.05, 0.1) is 0 Å². The maximum absolute atomic E-state index is 12.9. The van der Waals surface area contributed by atoms with E-state index in [9.17, 15) is 88.6 Å². The summed E-state index contributed by atoms with van der Waals surface area (Å²) >= 11 is 0. The number of carbonyl (C=O) groups excluding carboxylic acids is 2. The molecule has 0 aromatic heterocycles. The molecule has 0 aromatic rings. The van der Waals surface area contributed by atoms with Crippen LogP contribution in [0.5, 0.6) is 0 Å². The number of hydrogen-bond donors (Lipinski definition) is 3. The molecular weight excluding hydrogens is 585 g/mol. The monoisotopic (exact) mass is 588 g/mol. The molecule has 0 rings (SSSR count). The van der Waals surface area contributed by atoms with E-state index in [0.29, 0.717) is 0 Å². The van der Waals surface area contributed by atoms with E-state index in [1.807, 2.05) is 0 Å². The second-order valence-corrected chi connectivity index (χ2v) is 5.45. The molecule has 0 aromatic carbocycles. The minimum Gasteiger partial charge on any atom is -0.402 e. The standard InChI is InChI=1S/C10F18O4.BH3O3/c11-3(12,7(19,20)21)5(15,16)9(25,26)31-1(29)2(30)32-10(27,28)6(17,18)4(13,14)8(22,23)24;2-1(3)4/h;2-4H. The van der Waals surface area contributed by atoms with Gasteiger partial charge in [0.15, 0.2) is 0 Å². The maximum atomic E-state index is 12.9. The van der Waals surface area contributed by atoms with Crippen LogP contribution in [0.3, 0.4) is 0 Å². The van der Waals surface area contributed by atoms with Crippen molar-refractivity contribution in [2.24, 2.45) is 0 Å². The molecule has 26 heteroatoms. The number of rotatable bonds is 6. The Morgan fingerprint density at radius 2 is 0.611 bits per heavy atom. The van der Waals surface area contributed by atoms with Crippen molar-refractivity contribution in [2.75, 3.05) is 0 Å². The van der Waals surface area contributed by atoms with Gasteiger partial charge in [-0.1, -0.05) is 0 Å². The predicted molar refractivity (Wildman–Crippen MR) is 66.4 cm³/mol. The summed E-state index contributed by atoms with van der Waals surface area (Å²) in [5.74, 6) is -39.6. The Bertz CT molecular complexity index is 723. The van der Waals surface area contributed by atoms with E-state index in [4.69, 9.17) is 15.1 Å². The molecule has 36 heavy (non-hydrogen) atoms. The van der Waals surface area contributed by atoms with Gasteiger partial charge in [-0.15, -0.1) is 0 Å². The first-order valence-electron chi connectivity index (χ1n) is 7.15. The molecule has 0 aliphatic heterocycles. The van der Waals surface area contributed by atoms with Crippen LogP contribution in [0.25, 0.3) is 0 Å². The van der Waals surface area contributed by atoms with Gasteiger partial charge in [-0.05, 0) is 0 Å². The molecule has 0 aliphatic rings. The molecule has 7 nitrogen and oxygen atoms in total. The van der Waals surface area contributed by atoms with Crippen LogP contribution in [0.4, 0.5) is 79.0 Å². The third kappa shape index (κ3) is 6.89. The zero-order valence-corrected chi connectivity index (χ0v) is 15.4. The predicted octanol–water partition coefficient (Wildman–Crippen LogP) is 2.87. The van der Waals surface area contributed by atoms with Crippen molar-refractivity contribution in [3.05, 3.63) is 0 Å². The third-order valence-corrected chi connectivity index (χ3v) is 2.84. The lowest BCUT2D eigenvalue weighted by Gasteiger charge is -2.33. The lowest BCUT2D eigenvalue weighted by Crippen LogP contribution is -2.63. The topological polar surface area (TPSA) is 113 Å². The molecule has 3 N–H and O–H groups in total. The fourth-order valence-corrected chi connectivity index (χ4v) is 1.17. The highest BCUT2D eigenvalue weighted by molar-refractivity contribution is 6.30. The summed E-state index contributed by atoms with van der Waals surface area (Å²) in [6.07, 6.45) is -29.9. The van der Waals surface area contributed by atoms with Gasteiger partial charge in [-0.25, -0.2) is 9.59 Å². The first kappa shape index (κ1) is 35.8. The minimum absolute atomic E-state index is 1.79. The van der Waals surface area contributed by atoms with Crippen LogP contribution in [0.1, 0.15) is 0 Å². The fourth-order valence-electron chi connectivity index (χ4n) is 1.17. The van der Waals surface area contributed by atoms with Crippen molar-refractivity contribution in [1.82, 2.24) is 0 Å². The number of hydrogen-bond acceptors (Lipinski definition) is 7. The van der Waals surface area contributed by atoms with E-state index in [-0.39, 0.29) is 0 Å². The summed E-state index contributed by atoms with van der Waals surface area (Å²) in [5, 5.41) is 21.5. The third-order valence-electron chi connectivity index (χ3n) is 2.84. The summed E-state index contributed by atoms with van der Waals surface area (Å²) in [6, 6.07) is 0. The van der Waals surface area contributed by atoms with E-state index < -0.39 is 67.5 Å². The van der Waals surface area contributed by atoms with Crippen LogP contribution in [-0.2, 0) is 19.1 Å². The number of ether oxygens (including phenoxy) is 2. The Hall–Kier alpha value is -2.38. The summed E-state index contributed by atoms with van der Waals surface area (Å²) in [7, 11) is -2.17. The van der Waals surface area contributed by atoms with Crippen molar-refractivity contribution in [1.29, 1.82) is 0 Å². The molecule has 214 valence electrons. The number of halogens is 18. The molecule has 0 radical (unpaired) electrons. The minimum atomic E-state index is -7.82. The van der Waals surface area contributed by atoms with E-state index in [1.165, 1.54) is 0 Å². The molecule has 0 atom stereocenters. The molecule has 0 unspecified atom stereocenters. The Balaban J connectivity index is 0. The van der Waals surface area contributed by atoms with Gasteiger partial charge >= 0.3 is 67.5 Å². The number of esters is 2. The van der Waals surface area contributed by atoms with Crippen LogP contribution in [0.2, 0.25) is 0 Å². The van der Waals surface area contributed by atoms with Gasteiger partial charge in [0.25, 0.3) is 0 Å². The SMILES string of the molecule is O=C(OC(F)(F)C(F)(F)C(F)(F)C(F)(F)F)C(=O)OC(F)(F)C(F)(F)C(F)(F)C(F)(F)F.OB(O)O. The summed E-state index contributed by atoms with van der Waals surface area (Å²) in [5.41, 5.74) is 0. The average molecular weight is 588 g/mol. The van der Waals surface area contributed by atoms with Gasteiger partial charge in [0.2, 0.25) is 0 Å². The van der Waals surface area contributed by atoms with Crippen molar-refractivity contribution in [2.45, 2.75) is 48.3 Å². The van der Waals surface area contributed by atoms with Crippen molar-refractivity contribution >= 4 is 19.3 Å². The summed E-state index contributed by atoms with van der Waals surface area (Å²) < 4.78 is 227. The lowest BCUT2D eigenvalue weighted by atomic mass is 10.1. The van der Waals surface area contributed by atoms with Crippen LogP contribution in [0.15, 0.2) is 0 Å². The summed E-state index contributed by atoms with van der Waals surface area (Å²) in [6.45, 7) is 0. The highest BCUT2D eigenvalue weighted by Crippen LogP contribution is 2.55. The zero-order chi connectivity index (χ0) is 30.1. The van der Waals surface area contributed by atoms with Gasteiger partial charge in [-0.3, -0.25) is 0 Å². The van der Waals surface area contributed by atoms with Crippen molar-refractivity contribution < 1.29 is 113 Å². The van der Waals surface area contributed by atoms with Crippen molar-refractivity contribution in [3.63, 3.8) is 0 Å². The van der Waals surface area contributed by atoms with Gasteiger partial charge in [-0.2, -0.15) is 79.0 Å². The van der Waals surface area contributed by atoms with E-state index in [0.717, 1.165) is 0 Å². The van der Waals surface area contributed by atoms with Crippen LogP contribution in [-0.4, -0.2) is 82.6 Å². The zero-order valence-electron chi connectivity index (χ0n) is 15.4. The second-order valence-electron chi connectivity index (χ2n) is 5.45. The molecule has 0 bridgehead atoms. The molecule has 0 saturated heterocycles. The molecule has 0 spiro atoms. The first-order chi connectivity index (χ1) is 15.2. The molecular formula is C10H3BF18O7. The highest BCUT2D eigenvalue weighted by atomic mass is 19.4. The van der Waals surface area contributed by atoms with Gasteiger partial charge < -0.3 is 24.5 Å². The molecule has 0 amide bonds. The Morgan fingerprint density at radius 3 is 0.750 bits per heavy atom. The highest BCUT2D eigenvalue weighted by Gasteiger charge is 2.85. The van der Waals surface area contributed by atoms with E-state index in [1.54, 1.807) is 9.47 Å². The Morgan fingerprint density at radius 1 is 0.444 bits per heavy atom. The van der Waals surface area contributed by atoms with Crippen LogP contribution < -0.4 is 0 Å². The van der Waals surface area contributed by atoms with Crippen molar-refractivity contribution in [3.8, 4) is 0 Å². The Kier molecular flexibility index (Phi) is 10.1. The van der Waals surface area contributed by atoms with Gasteiger partial charge in [0.1, 0.15) is 0 Å².